The Morgan fingerprint density at radius 2 is 1.39 bits per heavy atom. The van der Waals surface area contributed by atoms with E-state index in [-0.39, 0.29) is 0 Å². The quantitative estimate of drug-likeness (QED) is 0.519. The lowest BCUT2D eigenvalue weighted by atomic mass is 10.0. The van der Waals surface area contributed by atoms with Gasteiger partial charge in [-0.3, -0.25) is 0 Å². The van der Waals surface area contributed by atoms with Gasteiger partial charge in [-0.2, -0.15) is 0 Å². The standard InChI is InChI=1S/C21H18N2/c1-14-12-15(2)20-19(13-14)22-21(23-20)18-10-8-17(9-11-18)16-6-4-3-5-7-16/h3-13H,1-2H3,(H,22,23). The highest BCUT2D eigenvalue weighted by molar-refractivity contribution is 5.83. The van der Waals surface area contributed by atoms with Gasteiger partial charge in [0.1, 0.15) is 5.82 Å². The molecule has 0 atom stereocenters. The van der Waals surface area contributed by atoms with E-state index in [2.05, 4.69) is 79.5 Å². The Hall–Kier alpha value is -2.87. The van der Waals surface area contributed by atoms with Gasteiger partial charge in [0, 0.05) is 5.56 Å². The zero-order valence-corrected chi connectivity index (χ0v) is 13.3. The fourth-order valence-corrected chi connectivity index (χ4v) is 3.06. The summed E-state index contributed by atoms with van der Waals surface area (Å²) in [4.78, 5) is 8.21. The molecular formula is C21H18N2. The number of aromatic amines is 1. The lowest BCUT2D eigenvalue weighted by Gasteiger charge is -2.02. The van der Waals surface area contributed by atoms with Crippen molar-refractivity contribution < 1.29 is 0 Å². The van der Waals surface area contributed by atoms with Crippen molar-refractivity contribution in [3.8, 4) is 22.5 Å². The van der Waals surface area contributed by atoms with Gasteiger partial charge in [0.05, 0.1) is 11.0 Å². The molecule has 0 aliphatic rings. The number of aromatic nitrogens is 2. The van der Waals surface area contributed by atoms with Crippen LogP contribution in [-0.4, -0.2) is 9.97 Å². The molecule has 0 bridgehead atoms. The maximum atomic E-state index is 4.77. The SMILES string of the molecule is Cc1cc(C)c2nc(-c3ccc(-c4ccccc4)cc3)[nH]c2c1. The first-order valence-corrected chi connectivity index (χ1v) is 7.83. The van der Waals surface area contributed by atoms with E-state index in [0.29, 0.717) is 0 Å². The van der Waals surface area contributed by atoms with Crippen LogP contribution in [0.1, 0.15) is 11.1 Å². The molecule has 0 unspecified atom stereocenters. The summed E-state index contributed by atoms with van der Waals surface area (Å²) in [5.74, 6) is 0.924. The Morgan fingerprint density at radius 3 is 2.13 bits per heavy atom. The third-order valence-corrected chi connectivity index (χ3v) is 4.19. The largest absolute Gasteiger partial charge is 0.338 e. The maximum Gasteiger partial charge on any atom is 0.138 e. The van der Waals surface area contributed by atoms with Gasteiger partial charge >= 0.3 is 0 Å². The van der Waals surface area contributed by atoms with Crippen LogP contribution in [0.15, 0.2) is 66.7 Å². The fourth-order valence-electron chi connectivity index (χ4n) is 3.06. The van der Waals surface area contributed by atoms with Crippen LogP contribution in [0.2, 0.25) is 0 Å². The van der Waals surface area contributed by atoms with Crippen LogP contribution >= 0.6 is 0 Å². The lowest BCUT2D eigenvalue weighted by molar-refractivity contribution is 1.33. The molecule has 1 N–H and O–H groups in total. The number of H-pyrrole nitrogens is 1. The highest BCUT2D eigenvalue weighted by atomic mass is 14.9. The molecule has 0 radical (unpaired) electrons. The molecule has 2 nitrogen and oxygen atoms in total. The van der Waals surface area contributed by atoms with Gasteiger partial charge in [0.25, 0.3) is 0 Å². The zero-order valence-electron chi connectivity index (χ0n) is 13.3. The van der Waals surface area contributed by atoms with E-state index in [1.807, 2.05) is 6.07 Å². The first kappa shape index (κ1) is 13.8. The van der Waals surface area contributed by atoms with Crippen LogP contribution in [0.25, 0.3) is 33.5 Å². The molecule has 0 fully saturated rings. The van der Waals surface area contributed by atoms with Crippen molar-refractivity contribution in [1.82, 2.24) is 9.97 Å². The Kier molecular flexibility index (Phi) is 3.23. The van der Waals surface area contributed by atoms with Crippen molar-refractivity contribution in [2.24, 2.45) is 0 Å². The summed E-state index contributed by atoms with van der Waals surface area (Å²) < 4.78 is 0. The van der Waals surface area contributed by atoms with Crippen molar-refractivity contribution in [2.45, 2.75) is 13.8 Å². The Bertz CT molecular complexity index is 964. The van der Waals surface area contributed by atoms with Gasteiger partial charge in [-0.25, -0.2) is 4.98 Å². The molecule has 0 aliphatic carbocycles. The number of hydrogen-bond acceptors (Lipinski definition) is 1. The molecule has 3 aromatic carbocycles. The number of aryl methyl sites for hydroxylation is 2. The number of hydrogen-bond donors (Lipinski definition) is 1. The van der Waals surface area contributed by atoms with E-state index in [9.17, 15) is 0 Å². The van der Waals surface area contributed by atoms with Gasteiger partial charge < -0.3 is 4.98 Å². The number of benzene rings is 3. The molecule has 0 amide bonds. The lowest BCUT2D eigenvalue weighted by Crippen LogP contribution is -1.82. The molecule has 2 heteroatoms. The van der Waals surface area contributed by atoms with E-state index >= 15 is 0 Å². The zero-order chi connectivity index (χ0) is 15.8. The number of nitrogens with one attached hydrogen (secondary N) is 1. The van der Waals surface area contributed by atoms with Crippen molar-refractivity contribution in [3.63, 3.8) is 0 Å². The van der Waals surface area contributed by atoms with E-state index in [1.54, 1.807) is 0 Å². The van der Waals surface area contributed by atoms with Gasteiger partial charge in [-0.05, 0) is 42.2 Å². The summed E-state index contributed by atoms with van der Waals surface area (Å²) in [6, 6.07) is 23.3. The average molecular weight is 298 g/mol. The van der Waals surface area contributed by atoms with Crippen molar-refractivity contribution >= 4 is 11.0 Å². The summed E-state index contributed by atoms with van der Waals surface area (Å²) >= 11 is 0. The monoisotopic (exact) mass is 298 g/mol. The van der Waals surface area contributed by atoms with Crippen LogP contribution in [0, 0.1) is 13.8 Å². The normalized spacial score (nSPS) is 11.0. The molecule has 0 saturated carbocycles. The molecular weight excluding hydrogens is 280 g/mol. The molecule has 4 aromatic rings. The summed E-state index contributed by atoms with van der Waals surface area (Å²) in [6.07, 6.45) is 0. The Morgan fingerprint density at radius 1 is 0.739 bits per heavy atom. The molecule has 1 aromatic heterocycles. The van der Waals surface area contributed by atoms with Gasteiger partial charge in [0.15, 0.2) is 0 Å². The molecule has 1 heterocycles. The van der Waals surface area contributed by atoms with Crippen LogP contribution in [0.3, 0.4) is 0 Å². The second-order valence-electron chi connectivity index (χ2n) is 6.01. The average Bonchev–Trinajstić information content (AvgIpc) is 3.00. The summed E-state index contributed by atoms with van der Waals surface area (Å²) in [7, 11) is 0. The van der Waals surface area contributed by atoms with Crippen LogP contribution < -0.4 is 0 Å². The molecule has 0 spiro atoms. The predicted octanol–water partition coefficient (Wildman–Crippen LogP) is 5.51. The fraction of sp³-hybridized carbons (Fsp3) is 0.0952. The summed E-state index contributed by atoms with van der Waals surface area (Å²) in [5.41, 5.74) is 8.18. The number of nitrogens with zero attached hydrogens (tertiary/aromatic N) is 1. The second-order valence-corrected chi connectivity index (χ2v) is 6.01. The number of rotatable bonds is 2. The maximum absolute atomic E-state index is 4.77. The van der Waals surface area contributed by atoms with E-state index in [1.165, 1.54) is 22.3 Å². The van der Waals surface area contributed by atoms with Crippen LogP contribution in [0.5, 0.6) is 0 Å². The van der Waals surface area contributed by atoms with Gasteiger partial charge in [-0.1, -0.05) is 60.7 Å². The van der Waals surface area contributed by atoms with E-state index < -0.39 is 0 Å². The first-order valence-electron chi connectivity index (χ1n) is 7.83. The predicted molar refractivity (Wildman–Crippen MR) is 96.4 cm³/mol. The van der Waals surface area contributed by atoms with Crippen LogP contribution in [0.4, 0.5) is 0 Å². The van der Waals surface area contributed by atoms with E-state index in [4.69, 9.17) is 4.98 Å². The third kappa shape index (κ3) is 2.53. The summed E-state index contributed by atoms with van der Waals surface area (Å²) in [6.45, 7) is 4.22. The molecule has 4 rings (SSSR count). The minimum atomic E-state index is 0.924. The minimum absolute atomic E-state index is 0.924. The highest BCUT2D eigenvalue weighted by Gasteiger charge is 2.08. The number of imidazole rings is 1. The number of fused-ring (bicyclic) bond motifs is 1. The second kappa shape index (κ2) is 5.40. The first-order chi connectivity index (χ1) is 11.2. The minimum Gasteiger partial charge on any atom is -0.338 e. The van der Waals surface area contributed by atoms with Crippen molar-refractivity contribution in [3.05, 3.63) is 77.9 Å². The van der Waals surface area contributed by atoms with E-state index in [0.717, 1.165) is 22.4 Å². The Labute approximate surface area is 135 Å². The topological polar surface area (TPSA) is 28.7 Å². The Balaban J connectivity index is 1.75. The smallest absolute Gasteiger partial charge is 0.138 e. The van der Waals surface area contributed by atoms with Crippen molar-refractivity contribution in [1.29, 1.82) is 0 Å². The van der Waals surface area contributed by atoms with Crippen LogP contribution in [-0.2, 0) is 0 Å². The van der Waals surface area contributed by atoms with Gasteiger partial charge in [-0.15, -0.1) is 0 Å². The molecule has 0 saturated heterocycles. The highest BCUT2D eigenvalue weighted by Crippen LogP contribution is 2.26. The molecule has 0 aliphatic heterocycles. The summed E-state index contributed by atoms with van der Waals surface area (Å²) in [5, 5.41) is 0. The van der Waals surface area contributed by atoms with Gasteiger partial charge in [0.2, 0.25) is 0 Å². The van der Waals surface area contributed by atoms with Crippen molar-refractivity contribution in [2.75, 3.05) is 0 Å². The third-order valence-electron chi connectivity index (χ3n) is 4.19. The molecule has 112 valence electrons. The molecule has 23 heavy (non-hydrogen) atoms.